The number of hydrogen-bond acceptors (Lipinski definition) is 3. The first-order valence-electron chi connectivity index (χ1n) is 6.68. The number of anilines is 1. The standard InChI is InChI=1S/C17H16N2O3/c18-15-8-3-12(4-9-15)5-10-16(20)19-11-13-1-6-14(7-2-13)17(21)22/h1-10H,11,18H2,(H,19,20)(H,21,22)/b10-5+. The van der Waals surface area contributed by atoms with E-state index in [1.165, 1.54) is 18.2 Å². The van der Waals surface area contributed by atoms with Gasteiger partial charge in [0, 0.05) is 18.3 Å². The summed E-state index contributed by atoms with van der Waals surface area (Å²) in [6.45, 7) is 0.338. The number of carboxylic acids is 1. The van der Waals surface area contributed by atoms with E-state index < -0.39 is 5.97 Å². The van der Waals surface area contributed by atoms with Crippen LogP contribution >= 0.6 is 0 Å². The first-order valence-corrected chi connectivity index (χ1v) is 6.68. The number of carboxylic acid groups (broad SMARTS) is 1. The lowest BCUT2D eigenvalue weighted by atomic mass is 10.1. The zero-order valence-corrected chi connectivity index (χ0v) is 11.8. The monoisotopic (exact) mass is 296 g/mol. The van der Waals surface area contributed by atoms with Gasteiger partial charge in [-0.1, -0.05) is 24.3 Å². The Morgan fingerprint density at radius 2 is 1.68 bits per heavy atom. The molecule has 0 spiro atoms. The minimum absolute atomic E-state index is 0.221. The molecule has 5 nitrogen and oxygen atoms in total. The van der Waals surface area contributed by atoms with Crippen molar-refractivity contribution in [2.75, 3.05) is 5.73 Å². The molecule has 2 aromatic carbocycles. The fourth-order valence-electron chi connectivity index (χ4n) is 1.79. The fourth-order valence-corrected chi connectivity index (χ4v) is 1.79. The van der Waals surface area contributed by atoms with E-state index in [-0.39, 0.29) is 11.5 Å². The van der Waals surface area contributed by atoms with E-state index in [0.29, 0.717) is 12.2 Å². The van der Waals surface area contributed by atoms with E-state index >= 15 is 0 Å². The van der Waals surface area contributed by atoms with Crippen LogP contribution < -0.4 is 11.1 Å². The van der Waals surface area contributed by atoms with Crippen molar-refractivity contribution in [2.24, 2.45) is 0 Å². The molecule has 0 aliphatic carbocycles. The third-order valence-corrected chi connectivity index (χ3v) is 3.03. The molecule has 0 aromatic heterocycles. The molecular formula is C17H16N2O3. The largest absolute Gasteiger partial charge is 0.478 e. The SMILES string of the molecule is Nc1ccc(/C=C/C(=O)NCc2ccc(C(=O)O)cc2)cc1. The normalized spacial score (nSPS) is 10.5. The Morgan fingerprint density at radius 1 is 1.05 bits per heavy atom. The van der Waals surface area contributed by atoms with Gasteiger partial charge in [-0.05, 0) is 41.5 Å². The van der Waals surface area contributed by atoms with Gasteiger partial charge in [-0.3, -0.25) is 4.79 Å². The summed E-state index contributed by atoms with van der Waals surface area (Å²) >= 11 is 0. The topological polar surface area (TPSA) is 92.4 Å². The summed E-state index contributed by atoms with van der Waals surface area (Å²) in [5.41, 5.74) is 8.19. The molecule has 112 valence electrons. The third-order valence-electron chi connectivity index (χ3n) is 3.03. The maximum absolute atomic E-state index is 11.7. The molecule has 0 unspecified atom stereocenters. The Morgan fingerprint density at radius 3 is 2.27 bits per heavy atom. The second-order valence-corrected chi connectivity index (χ2v) is 4.72. The molecule has 0 radical (unpaired) electrons. The summed E-state index contributed by atoms with van der Waals surface area (Å²) in [4.78, 5) is 22.4. The van der Waals surface area contributed by atoms with Crippen LogP contribution in [0.15, 0.2) is 54.6 Å². The summed E-state index contributed by atoms with van der Waals surface area (Å²) in [5.74, 6) is -1.19. The van der Waals surface area contributed by atoms with Crippen LogP contribution in [0.1, 0.15) is 21.5 Å². The van der Waals surface area contributed by atoms with Crippen molar-refractivity contribution in [2.45, 2.75) is 6.54 Å². The average Bonchev–Trinajstić information content (AvgIpc) is 2.52. The smallest absolute Gasteiger partial charge is 0.335 e. The highest BCUT2D eigenvalue weighted by molar-refractivity contribution is 5.91. The zero-order chi connectivity index (χ0) is 15.9. The number of carbonyl (C=O) groups excluding carboxylic acids is 1. The molecule has 0 saturated heterocycles. The summed E-state index contributed by atoms with van der Waals surface area (Å²) < 4.78 is 0. The Balaban J connectivity index is 1.87. The predicted octanol–water partition coefficient (Wildman–Crippen LogP) is 2.30. The van der Waals surface area contributed by atoms with E-state index in [4.69, 9.17) is 10.8 Å². The molecule has 2 rings (SSSR count). The molecule has 5 heteroatoms. The fraction of sp³-hybridized carbons (Fsp3) is 0.0588. The summed E-state index contributed by atoms with van der Waals surface area (Å²) in [5, 5.41) is 11.5. The van der Waals surface area contributed by atoms with Gasteiger partial charge in [0.1, 0.15) is 0 Å². The number of hydrogen-bond donors (Lipinski definition) is 3. The van der Waals surface area contributed by atoms with Gasteiger partial charge in [0.2, 0.25) is 5.91 Å². The van der Waals surface area contributed by atoms with Crippen molar-refractivity contribution in [1.29, 1.82) is 0 Å². The van der Waals surface area contributed by atoms with Gasteiger partial charge < -0.3 is 16.2 Å². The van der Waals surface area contributed by atoms with Crippen molar-refractivity contribution < 1.29 is 14.7 Å². The van der Waals surface area contributed by atoms with Gasteiger partial charge >= 0.3 is 5.97 Å². The lowest BCUT2D eigenvalue weighted by molar-refractivity contribution is -0.116. The number of amides is 1. The van der Waals surface area contributed by atoms with Crippen LogP contribution in [-0.4, -0.2) is 17.0 Å². The summed E-state index contributed by atoms with van der Waals surface area (Å²) in [6.07, 6.45) is 3.14. The van der Waals surface area contributed by atoms with E-state index in [2.05, 4.69) is 5.32 Å². The number of nitrogen functional groups attached to an aromatic ring is 1. The minimum Gasteiger partial charge on any atom is -0.478 e. The van der Waals surface area contributed by atoms with Crippen molar-refractivity contribution >= 4 is 23.6 Å². The lowest BCUT2D eigenvalue weighted by Gasteiger charge is -2.03. The Hall–Kier alpha value is -3.08. The van der Waals surface area contributed by atoms with Crippen LogP contribution in [-0.2, 0) is 11.3 Å². The molecule has 0 atom stereocenters. The molecule has 0 fully saturated rings. The lowest BCUT2D eigenvalue weighted by Crippen LogP contribution is -2.20. The Bertz CT molecular complexity index is 689. The highest BCUT2D eigenvalue weighted by Gasteiger charge is 2.02. The average molecular weight is 296 g/mol. The molecule has 0 bridgehead atoms. The van der Waals surface area contributed by atoms with Crippen LogP contribution in [0.5, 0.6) is 0 Å². The number of benzene rings is 2. The molecule has 0 aliphatic heterocycles. The third kappa shape index (κ3) is 4.49. The summed E-state index contributed by atoms with van der Waals surface area (Å²) in [7, 11) is 0. The van der Waals surface area contributed by atoms with Crippen molar-refractivity contribution in [1.82, 2.24) is 5.32 Å². The Kier molecular flexibility index (Phi) is 4.93. The molecule has 0 saturated carbocycles. The second-order valence-electron chi connectivity index (χ2n) is 4.72. The molecule has 0 heterocycles. The molecule has 4 N–H and O–H groups in total. The van der Waals surface area contributed by atoms with E-state index in [9.17, 15) is 9.59 Å². The van der Waals surface area contributed by atoms with Gasteiger partial charge in [-0.2, -0.15) is 0 Å². The molecule has 0 aliphatic rings. The highest BCUT2D eigenvalue weighted by Crippen LogP contribution is 2.07. The first kappa shape index (κ1) is 15.3. The van der Waals surface area contributed by atoms with Crippen LogP contribution in [0.2, 0.25) is 0 Å². The van der Waals surface area contributed by atoms with E-state index in [1.807, 2.05) is 12.1 Å². The van der Waals surface area contributed by atoms with Gasteiger partial charge in [0.05, 0.1) is 5.56 Å². The number of aromatic carboxylic acids is 1. The predicted molar refractivity (Wildman–Crippen MR) is 85.1 cm³/mol. The van der Waals surface area contributed by atoms with Crippen LogP contribution in [0, 0.1) is 0 Å². The van der Waals surface area contributed by atoms with E-state index in [0.717, 1.165) is 11.1 Å². The molecule has 22 heavy (non-hydrogen) atoms. The quantitative estimate of drug-likeness (QED) is 0.583. The second kappa shape index (κ2) is 7.08. The number of nitrogens with two attached hydrogens (primary N) is 1. The zero-order valence-electron chi connectivity index (χ0n) is 11.8. The highest BCUT2D eigenvalue weighted by atomic mass is 16.4. The molecular weight excluding hydrogens is 280 g/mol. The Labute approximate surface area is 128 Å². The first-order chi connectivity index (χ1) is 10.5. The number of nitrogens with one attached hydrogen (secondary N) is 1. The number of rotatable bonds is 5. The van der Waals surface area contributed by atoms with Gasteiger partial charge in [-0.25, -0.2) is 4.79 Å². The van der Waals surface area contributed by atoms with Gasteiger partial charge in [0.15, 0.2) is 0 Å². The maximum Gasteiger partial charge on any atom is 0.335 e. The molecule has 1 amide bonds. The van der Waals surface area contributed by atoms with Crippen molar-refractivity contribution in [3.63, 3.8) is 0 Å². The van der Waals surface area contributed by atoms with Gasteiger partial charge in [-0.15, -0.1) is 0 Å². The maximum atomic E-state index is 11.7. The van der Waals surface area contributed by atoms with Crippen LogP contribution in [0.25, 0.3) is 6.08 Å². The minimum atomic E-state index is -0.970. The summed E-state index contributed by atoms with van der Waals surface area (Å²) in [6, 6.07) is 13.5. The van der Waals surface area contributed by atoms with Gasteiger partial charge in [0.25, 0.3) is 0 Å². The van der Waals surface area contributed by atoms with Crippen molar-refractivity contribution in [3.8, 4) is 0 Å². The van der Waals surface area contributed by atoms with Crippen LogP contribution in [0.3, 0.4) is 0 Å². The van der Waals surface area contributed by atoms with Crippen molar-refractivity contribution in [3.05, 3.63) is 71.3 Å². The van der Waals surface area contributed by atoms with Crippen LogP contribution in [0.4, 0.5) is 5.69 Å². The van der Waals surface area contributed by atoms with E-state index in [1.54, 1.807) is 30.3 Å². The molecule has 2 aromatic rings. The number of carbonyl (C=O) groups is 2.